The van der Waals surface area contributed by atoms with Gasteiger partial charge in [0, 0.05) is 14.1 Å². The lowest BCUT2D eigenvalue weighted by Crippen LogP contribution is -2.54. The number of rotatable bonds is 6. The van der Waals surface area contributed by atoms with Crippen molar-refractivity contribution in [2.75, 3.05) is 21.2 Å². The molecule has 140 valence electrons. The van der Waals surface area contributed by atoms with Gasteiger partial charge in [-0.3, -0.25) is 9.69 Å². The van der Waals surface area contributed by atoms with E-state index < -0.39 is 29.7 Å². The van der Waals surface area contributed by atoms with Crippen molar-refractivity contribution in [1.82, 2.24) is 9.80 Å². The van der Waals surface area contributed by atoms with Crippen LogP contribution in [0.5, 0.6) is 0 Å². The first-order chi connectivity index (χ1) is 10.9. The molecule has 0 heterocycles. The number of nitrogens with zero attached hydrogens (tertiary/aromatic N) is 2. The van der Waals surface area contributed by atoms with Crippen LogP contribution in [0.2, 0.25) is 0 Å². The van der Waals surface area contributed by atoms with Crippen molar-refractivity contribution in [2.45, 2.75) is 65.6 Å². The summed E-state index contributed by atoms with van der Waals surface area (Å²) in [6, 6.07) is -1.46. The van der Waals surface area contributed by atoms with Crippen LogP contribution >= 0.6 is 0 Å². The number of hydrogen-bond acceptors (Lipinski definition) is 5. The van der Waals surface area contributed by atoms with Crippen LogP contribution in [0.1, 0.15) is 48.0 Å². The number of likely N-dealkylation sites (N-methyl/N-ethyl adjacent to an activating group) is 2. The second-order valence-corrected chi connectivity index (χ2v) is 7.07. The Balaban J connectivity index is 5.21. The largest absolute Gasteiger partial charge is 0.467 e. The molecule has 0 bridgehead atoms. The minimum Gasteiger partial charge on any atom is -0.467 e. The summed E-state index contributed by atoms with van der Waals surface area (Å²) in [6.07, 6.45) is 0.128. The zero-order valence-corrected chi connectivity index (χ0v) is 16.4. The minimum absolute atomic E-state index is 0.0644. The second kappa shape index (κ2) is 8.89. The van der Waals surface area contributed by atoms with Crippen molar-refractivity contribution in [2.24, 2.45) is 5.92 Å². The van der Waals surface area contributed by atoms with Crippen LogP contribution in [-0.2, 0) is 19.1 Å². The fraction of sp³-hybridized carbons (Fsp3) is 0.824. The Hall–Kier alpha value is -1.79. The van der Waals surface area contributed by atoms with Crippen LogP contribution in [0.3, 0.4) is 0 Å². The highest BCUT2D eigenvalue weighted by molar-refractivity contribution is 5.89. The smallest absolute Gasteiger partial charge is 0.410 e. The molecule has 0 aromatic carbocycles. The fourth-order valence-electron chi connectivity index (χ4n) is 2.21. The lowest BCUT2D eigenvalue weighted by molar-refractivity contribution is -0.155. The standard InChI is InChI=1S/C17H32N2O5/c1-10-11(2)13(15(21)23-9)19(8)14(20)12(3)18(7)16(22)24-17(4,5)6/h11-13H,10H2,1-9H3/t11-,12-,13-/m0/s1. The van der Waals surface area contributed by atoms with Crippen molar-refractivity contribution in [3.05, 3.63) is 0 Å². The predicted molar refractivity (Wildman–Crippen MR) is 91.5 cm³/mol. The maximum atomic E-state index is 12.7. The van der Waals surface area contributed by atoms with Gasteiger partial charge in [-0.2, -0.15) is 0 Å². The van der Waals surface area contributed by atoms with Crippen LogP contribution in [0, 0.1) is 5.92 Å². The van der Waals surface area contributed by atoms with Gasteiger partial charge in [0.25, 0.3) is 0 Å². The number of carbonyl (C=O) groups excluding carboxylic acids is 3. The first kappa shape index (κ1) is 22.2. The summed E-state index contributed by atoms with van der Waals surface area (Å²) in [5.74, 6) is -0.878. The van der Waals surface area contributed by atoms with Crippen LogP contribution < -0.4 is 0 Å². The second-order valence-electron chi connectivity index (χ2n) is 7.07. The molecule has 0 radical (unpaired) electrons. The molecule has 0 fully saturated rings. The van der Waals surface area contributed by atoms with Gasteiger partial charge in [-0.25, -0.2) is 9.59 Å². The molecule has 0 unspecified atom stereocenters. The average Bonchev–Trinajstić information content (AvgIpc) is 2.50. The first-order valence-electron chi connectivity index (χ1n) is 8.17. The third kappa shape index (κ3) is 6.02. The maximum Gasteiger partial charge on any atom is 0.410 e. The summed E-state index contributed by atoms with van der Waals surface area (Å²) in [5, 5.41) is 0. The van der Waals surface area contributed by atoms with E-state index in [4.69, 9.17) is 9.47 Å². The van der Waals surface area contributed by atoms with Gasteiger partial charge in [0.1, 0.15) is 17.7 Å². The monoisotopic (exact) mass is 344 g/mol. The zero-order chi connectivity index (χ0) is 19.2. The molecule has 0 aromatic heterocycles. The zero-order valence-electron chi connectivity index (χ0n) is 16.4. The molecule has 7 heteroatoms. The van der Waals surface area contributed by atoms with E-state index in [1.54, 1.807) is 34.7 Å². The Morgan fingerprint density at radius 1 is 1.04 bits per heavy atom. The molecular weight excluding hydrogens is 312 g/mol. The van der Waals surface area contributed by atoms with Crippen molar-refractivity contribution in [3.8, 4) is 0 Å². The lowest BCUT2D eigenvalue weighted by Gasteiger charge is -2.34. The summed E-state index contributed by atoms with van der Waals surface area (Å²) >= 11 is 0. The van der Waals surface area contributed by atoms with Crippen molar-refractivity contribution < 1.29 is 23.9 Å². The summed E-state index contributed by atoms with van der Waals surface area (Å²) in [6.45, 7) is 10.7. The van der Waals surface area contributed by atoms with Gasteiger partial charge in [0.2, 0.25) is 5.91 Å². The van der Waals surface area contributed by atoms with Gasteiger partial charge in [-0.15, -0.1) is 0 Å². The van der Waals surface area contributed by atoms with E-state index in [-0.39, 0.29) is 11.8 Å². The fourth-order valence-corrected chi connectivity index (χ4v) is 2.21. The van der Waals surface area contributed by atoms with Gasteiger partial charge in [-0.05, 0) is 33.6 Å². The lowest BCUT2D eigenvalue weighted by atomic mass is 9.97. The third-order valence-corrected chi connectivity index (χ3v) is 4.01. The third-order valence-electron chi connectivity index (χ3n) is 4.01. The Morgan fingerprint density at radius 3 is 1.92 bits per heavy atom. The van der Waals surface area contributed by atoms with Crippen LogP contribution in [0.25, 0.3) is 0 Å². The molecule has 0 saturated heterocycles. The number of ether oxygens (including phenoxy) is 2. The molecule has 0 N–H and O–H groups in total. The molecule has 24 heavy (non-hydrogen) atoms. The average molecular weight is 344 g/mol. The van der Waals surface area contributed by atoms with Crippen molar-refractivity contribution >= 4 is 18.0 Å². The van der Waals surface area contributed by atoms with Crippen molar-refractivity contribution in [3.63, 3.8) is 0 Å². The molecule has 0 aromatic rings. The minimum atomic E-state index is -0.763. The highest BCUT2D eigenvalue weighted by Crippen LogP contribution is 2.18. The molecule has 0 aliphatic heterocycles. The molecule has 3 atom stereocenters. The molecule has 2 amide bonds. The van der Waals surface area contributed by atoms with Gasteiger partial charge in [0.15, 0.2) is 0 Å². The topological polar surface area (TPSA) is 76.2 Å². The van der Waals surface area contributed by atoms with Crippen LogP contribution in [-0.4, -0.2) is 66.7 Å². The Kier molecular flexibility index (Phi) is 8.23. The normalized spacial score (nSPS) is 15.0. The number of methoxy groups -OCH3 is 1. The molecular formula is C17H32N2O5. The number of esters is 1. The molecule has 0 aliphatic rings. The molecule has 0 rings (SSSR count). The van der Waals surface area contributed by atoms with Gasteiger partial charge < -0.3 is 14.4 Å². The molecule has 0 saturated carbocycles. The molecule has 0 aliphatic carbocycles. The predicted octanol–water partition coefficient (Wildman–Crippen LogP) is 2.29. The van der Waals surface area contributed by atoms with E-state index in [2.05, 4.69) is 0 Å². The first-order valence-corrected chi connectivity index (χ1v) is 8.17. The van der Waals surface area contributed by atoms with Gasteiger partial charge >= 0.3 is 12.1 Å². The molecule has 7 nitrogen and oxygen atoms in total. The summed E-state index contributed by atoms with van der Waals surface area (Å²) in [5.41, 5.74) is -0.648. The van der Waals surface area contributed by atoms with E-state index >= 15 is 0 Å². The quantitative estimate of drug-likeness (QED) is 0.691. The highest BCUT2D eigenvalue weighted by Gasteiger charge is 2.36. The Labute approximate surface area is 145 Å². The van der Waals surface area contributed by atoms with Crippen LogP contribution in [0.4, 0.5) is 4.79 Å². The van der Waals surface area contributed by atoms with E-state index in [0.29, 0.717) is 6.42 Å². The SMILES string of the molecule is CC[C@H](C)[C@@H](C(=O)OC)N(C)C(=O)[C@H](C)N(C)C(=O)OC(C)(C)C. The summed E-state index contributed by atoms with van der Waals surface area (Å²) in [4.78, 5) is 39.5. The van der Waals surface area contributed by atoms with Gasteiger partial charge in [-0.1, -0.05) is 20.3 Å². The van der Waals surface area contributed by atoms with Gasteiger partial charge in [0.05, 0.1) is 7.11 Å². The van der Waals surface area contributed by atoms with E-state index in [9.17, 15) is 14.4 Å². The summed E-state index contributed by atoms with van der Waals surface area (Å²) < 4.78 is 10.1. The Bertz CT molecular complexity index is 458. The number of amides is 2. The van der Waals surface area contributed by atoms with Crippen molar-refractivity contribution in [1.29, 1.82) is 0 Å². The maximum absolute atomic E-state index is 12.7. The Morgan fingerprint density at radius 2 is 1.54 bits per heavy atom. The number of hydrogen-bond donors (Lipinski definition) is 0. The summed E-state index contributed by atoms with van der Waals surface area (Å²) in [7, 11) is 4.35. The number of carbonyl (C=O) groups is 3. The highest BCUT2D eigenvalue weighted by atomic mass is 16.6. The molecule has 0 spiro atoms. The van der Waals surface area contributed by atoms with E-state index in [1.807, 2.05) is 13.8 Å². The van der Waals surface area contributed by atoms with E-state index in [1.165, 1.54) is 24.0 Å². The van der Waals surface area contributed by atoms with E-state index in [0.717, 1.165) is 0 Å². The van der Waals surface area contributed by atoms with Crippen LogP contribution in [0.15, 0.2) is 0 Å².